The van der Waals surface area contributed by atoms with Gasteiger partial charge in [-0.15, -0.1) is 0 Å². The molecule has 0 amide bonds. The average Bonchev–Trinajstić information content (AvgIpc) is 2.78. The third-order valence-corrected chi connectivity index (χ3v) is 4.53. The summed E-state index contributed by atoms with van der Waals surface area (Å²) < 4.78 is 5.99. The maximum atomic E-state index is 5.99. The first-order valence-electron chi connectivity index (χ1n) is 7.68. The lowest BCUT2D eigenvalue weighted by Gasteiger charge is -2.32. The SMILES string of the molecule is CC1CC(C)CC(NCC2Cc3ccccc3O2)C1. The zero-order chi connectivity index (χ0) is 13.2. The van der Waals surface area contributed by atoms with Gasteiger partial charge in [0.1, 0.15) is 11.9 Å². The maximum absolute atomic E-state index is 5.99. The summed E-state index contributed by atoms with van der Waals surface area (Å²) in [6, 6.07) is 9.10. The third-order valence-electron chi connectivity index (χ3n) is 4.53. The minimum absolute atomic E-state index is 0.324. The molecule has 1 heterocycles. The van der Waals surface area contributed by atoms with Crippen LogP contribution in [-0.2, 0) is 6.42 Å². The smallest absolute Gasteiger partial charge is 0.123 e. The van der Waals surface area contributed by atoms with E-state index in [1.165, 1.54) is 24.8 Å². The van der Waals surface area contributed by atoms with Crippen molar-refractivity contribution in [3.8, 4) is 5.75 Å². The molecule has 1 aromatic carbocycles. The number of hydrogen-bond donors (Lipinski definition) is 1. The Morgan fingerprint density at radius 2 is 1.84 bits per heavy atom. The van der Waals surface area contributed by atoms with E-state index in [-0.39, 0.29) is 0 Å². The molecule has 104 valence electrons. The predicted molar refractivity (Wildman–Crippen MR) is 78.5 cm³/mol. The Bertz CT molecular complexity index is 396. The van der Waals surface area contributed by atoms with E-state index in [1.54, 1.807) is 0 Å². The molecule has 3 unspecified atom stereocenters. The second-order valence-electron chi connectivity index (χ2n) is 6.57. The molecule has 0 radical (unpaired) electrons. The molecule has 0 saturated heterocycles. The largest absolute Gasteiger partial charge is 0.488 e. The lowest BCUT2D eigenvalue weighted by molar-refractivity contribution is 0.191. The van der Waals surface area contributed by atoms with Gasteiger partial charge in [0.2, 0.25) is 0 Å². The highest BCUT2D eigenvalue weighted by Gasteiger charge is 2.26. The van der Waals surface area contributed by atoms with Crippen LogP contribution in [0.4, 0.5) is 0 Å². The van der Waals surface area contributed by atoms with Gasteiger partial charge in [0.15, 0.2) is 0 Å². The quantitative estimate of drug-likeness (QED) is 0.898. The molecule has 1 saturated carbocycles. The standard InChI is InChI=1S/C17H25NO/c1-12-7-13(2)9-15(8-12)18-11-16-10-14-5-3-4-6-17(14)19-16/h3-6,12-13,15-16,18H,7-11H2,1-2H3. The first kappa shape index (κ1) is 13.0. The van der Waals surface area contributed by atoms with Gasteiger partial charge in [-0.25, -0.2) is 0 Å². The summed E-state index contributed by atoms with van der Waals surface area (Å²) in [6.07, 6.45) is 5.42. The van der Waals surface area contributed by atoms with Gasteiger partial charge in [-0.2, -0.15) is 0 Å². The fourth-order valence-electron chi connectivity index (χ4n) is 3.78. The molecule has 0 aromatic heterocycles. The molecule has 1 aromatic rings. The molecule has 2 nitrogen and oxygen atoms in total. The van der Waals surface area contributed by atoms with Crippen molar-refractivity contribution in [1.82, 2.24) is 5.32 Å². The van der Waals surface area contributed by atoms with E-state index in [9.17, 15) is 0 Å². The van der Waals surface area contributed by atoms with E-state index in [1.807, 2.05) is 0 Å². The molecule has 1 N–H and O–H groups in total. The molecule has 19 heavy (non-hydrogen) atoms. The van der Waals surface area contributed by atoms with Crippen LogP contribution in [0.3, 0.4) is 0 Å². The Kier molecular flexibility index (Phi) is 3.79. The normalized spacial score (nSPS) is 33.8. The monoisotopic (exact) mass is 259 g/mol. The fraction of sp³-hybridized carbons (Fsp3) is 0.647. The zero-order valence-electron chi connectivity index (χ0n) is 12.1. The van der Waals surface area contributed by atoms with Gasteiger partial charge in [-0.3, -0.25) is 0 Å². The summed E-state index contributed by atoms with van der Waals surface area (Å²) in [5, 5.41) is 3.73. The molecular formula is C17H25NO. The van der Waals surface area contributed by atoms with Crippen LogP contribution in [0.2, 0.25) is 0 Å². The van der Waals surface area contributed by atoms with Crippen LogP contribution in [-0.4, -0.2) is 18.7 Å². The first-order valence-corrected chi connectivity index (χ1v) is 7.68. The van der Waals surface area contributed by atoms with E-state index in [4.69, 9.17) is 4.74 Å². The summed E-state index contributed by atoms with van der Waals surface area (Å²) in [5.41, 5.74) is 1.36. The number of hydrogen-bond acceptors (Lipinski definition) is 2. The highest BCUT2D eigenvalue weighted by Crippen LogP contribution is 2.30. The summed E-state index contributed by atoms with van der Waals surface area (Å²) in [5.74, 6) is 2.81. The van der Waals surface area contributed by atoms with Crippen molar-refractivity contribution >= 4 is 0 Å². The van der Waals surface area contributed by atoms with Crippen LogP contribution in [0.15, 0.2) is 24.3 Å². The molecule has 3 atom stereocenters. The lowest BCUT2D eigenvalue weighted by Crippen LogP contribution is -2.41. The fourth-order valence-corrected chi connectivity index (χ4v) is 3.78. The van der Waals surface area contributed by atoms with Crippen molar-refractivity contribution in [2.75, 3.05) is 6.54 Å². The molecular weight excluding hydrogens is 234 g/mol. The van der Waals surface area contributed by atoms with E-state index < -0.39 is 0 Å². The number of fused-ring (bicyclic) bond motifs is 1. The van der Waals surface area contributed by atoms with E-state index in [2.05, 4.69) is 43.4 Å². The van der Waals surface area contributed by atoms with Crippen molar-refractivity contribution < 1.29 is 4.74 Å². The number of ether oxygens (including phenoxy) is 1. The molecule has 0 spiro atoms. The van der Waals surface area contributed by atoms with Gasteiger partial charge >= 0.3 is 0 Å². The molecule has 1 aliphatic carbocycles. The van der Waals surface area contributed by atoms with Gasteiger partial charge < -0.3 is 10.1 Å². The van der Waals surface area contributed by atoms with Crippen LogP contribution in [0.1, 0.15) is 38.7 Å². The Hall–Kier alpha value is -1.02. The minimum Gasteiger partial charge on any atom is -0.488 e. The Morgan fingerprint density at radius 1 is 1.11 bits per heavy atom. The van der Waals surface area contributed by atoms with E-state index in [0.29, 0.717) is 12.1 Å². The van der Waals surface area contributed by atoms with Crippen molar-refractivity contribution in [2.45, 2.75) is 51.7 Å². The molecule has 1 aliphatic heterocycles. The number of rotatable bonds is 3. The highest BCUT2D eigenvalue weighted by atomic mass is 16.5. The second-order valence-corrected chi connectivity index (χ2v) is 6.57. The highest BCUT2D eigenvalue weighted by molar-refractivity contribution is 5.37. The third kappa shape index (κ3) is 3.11. The van der Waals surface area contributed by atoms with Crippen molar-refractivity contribution in [3.63, 3.8) is 0 Å². The van der Waals surface area contributed by atoms with Crippen molar-refractivity contribution in [2.24, 2.45) is 11.8 Å². The maximum Gasteiger partial charge on any atom is 0.123 e. The van der Waals surface area contributed by atoms with Crippen LogP contribution in [0, 0.1) is 11.8 Å². The zero-order valence-corrected chi connectivity index (χ0v) is 12.1. The number of nitrogens with one attached hydrogen (secondary N) is 1. The van der Waals surface area contributed by atoms with Crippen LogP contribution < -0.4 is 10.1 Å². The van der Waals surface area contributed by atoms with E-state index >= 15 is 0 Å². The Labute approximate surface area is 116 Å². The van der Waals surface area contributed by atoms with Crippen LogP contribution in [0.25, 0.3) is 0 Å². The summed E-state index contributed by atoms with van der Waals surface area (Å²) in [7, 11) is 0. The molecule has 3 rings (SSSR count). The first-order chi connectivity index (χ1) is 9.20. The van der Waals surface area contributed by atoms with Crippen molar-refractivity contribution in [3.05, 3.63) is 29.8 Å². The summed E-state index contributed by atoms with van der Waals surface area (Å²) in [6.45, 7) is 5.75. The molecule has 1 fully saturated rings. The van der Waals surface area contributed by atoms with Gasteiger partial charge in [0.25, 0.3) is 0 Å². The topological polar surface area (TPSA) is 21.3 Å². The van der Waals surface area contributed by atoms with Gasteiger partial charge in [0, 0.05) is 19.0 Å². The van der Waals surface area contributed by atoms with Crippen LogP contribution in [0.5, 0.6) is 5.75 Å². The van der Waals surface area contributed by atoms with Gasteiger partial charge in [-0.05, 0) is 42.7 Å². The molecule has 2 aliphatic rings. The molecule has 2 heteroatoms. The lowest BCUT2D eigenvalue weighted by atomic mass is 9.80. The van der Waals surface area contributed by atoms with Crippen LogP contribution >= 0.6 is 0 Å². The Morgan fingerprint density at radius 3 is 2.58 bits per heavy atom. The summed E-state index contributed by atoms with van der Waals surface area (Å²) in [4.78, 5) is 0. The molecule has 0 bridgehead atoms. The minimum atomic E-state index is 0.324. The number of para-hydroxylation sites is 1. The number of benzene rings is 1. The van der Waals surface area contributed by atoms with E-state index in [0.717, 1.165) is 30.6 Å². The van der Waals surface area contributed by atoms with Gasteiger partial charge in [0.05, 0.1) is 0 Å². The Balaban J connectivity index is 1.49. The average molecular weight is 259 g/mol. The van der Waals surface area contributed by atoms with Gasteiger partial charge in [-0.1, -0.05) is 32.0 Å². The summed E-state index contributed by atoms with van der Waals surface area (Å²) >= 11 is 0. The predicted octanol–water partition coefficient (Wildman–Crippen LogP) is 3.40. The second kappa shape index (κ2) is 5.54. The van der Waals surface area contributed by atoms with Crippen molar-refractivity contribution in [1.29, 1.82) is 0 Å².